The van der Waals surface area contributed by atoms with Crippen molar-refractivity contribution in [1.29, 1.82) is 0 Å². The number of oxime groups is 1. The number of benzene rings is 1. The average molecular weight is 200 g/mol. The van der Waals surface area contributed by atoms with Gasteiger partial charge >= 0.3 is 0 Å². The zero-order chi connectivity index (χ0) is 10.3. The van der Waals surface area contributed by atoms with Crippen LogP contribution in [0.15, 0.2) is 23.4 Å². The predicted octanol–water partition coefficient (Wildman–Crippen LogP) is 2.97. The van der Waals surface area contributed by atoms with Gasteiger partial charge in [-0.1, -0.05) is 23.4 Å². The second-order valence-corrected chi connectivity index (χ2v) is 2.59. The van der Waals surface area contributed by atoms with E-state index >= 15 is 0 Å². The third kappa shape index (κ3) is 3.95. The van der Waals surface area contributed by atoms with Crippen LogP contribution in [-0.4, -0.2) is 17.8 Å². The maximum absolute atomic E-state index is 8.25. The van der Waals surface area contributed by atoms with Gasteiger partial charge in [0.2, 0.25) is 0 Å². The smallest absolute Gasteiger partial charge is 0.0733 e. The SMILES string of the molecule is CCl.Cc1ccc(/C=N/O)cc1C. The van der Waals surface area contributed by atoms with E-state index in [9.17, 15) is 0 Å². The molecule has 0 saturated heterocycles. The Morgan fingerprint density at radius 1 is 1.23 bits per heavy atom. The highest BCUT2D eigenvalue weighted by atomic mass is 35.5. The molecule has 72 valence electrons. The van der Waals surface area contributed by atoms with Crippen molar-refractivity contribution >= 4 is 17.8 Å². The normalized spacial score (nSPS) is 9.54. The van der Waals surface area contributed by atoms with Crippen molar-refractivity contribution in [3.8, 4) is 0 Å². The van der Waals surface area contributed by atoms with Crippen molar-refractivity contribution in [3.63, 3.8) is 0 Å². The first-order valence-corrected chi connectivity index (χ1v) is 4.62. The Kier molecular flexibility index (Phi) is 5.98. The quantitative estimate of drug-likeness (QED) is 0.321. The first kappa shape index (κ1) is 12.0. The molecule has 1 aromatic carbocycles. The van der Waals surface area contributed by atoms with Crippen LogP contribution in [0.5, 0.6) is 0 Å². The van der Waals surface area contributed by atoms with Crippen molar-refractivity contribution in [2.45, 2.75) is 13.8 Å². The summed E-state index contributed by atoms with van der Waals surface area (Å²) in [6.45, 7) is 4.08. The van der Waals surface area contributed by atoms with Crippen LogP contribution in [0.2, 0.25) is 0 Å². The molecular formula is C10H14ClNO. The number of halogens is 1. The molecule has 1 aromatic rings. The summed E-state index contributed by atoms with van der Waals surface area (Å²) in [4.78, 5) is 0. The summed E-state index contributed by atoms with van der Waals surface area (Å²) in [5, 5.41) is 11.2. The fourth-order valence-electron chi connectivity index (χ4n) is 0.912. The van der Waals surface area contributed by atoms with Crippen LogP contribution in [0.3, 0.4) is 0 Å². The Balaban J connectivity index is 0.000000671. The summed E-state index contributed by atoms with van der Waals surface area (Å²) in [7, 11) is 0. The summed E-state index contributed by atoms with van der Waals surface area (Å²) in [6, 6.07) is 5.91. The van der Waals surface area contributed by atoms with Crippen molar-refractivity contribution in [2.24, 2.45) is 5.16 Å². The minimum atomic E-state index is 0.926. The average Bonchev–Trinajstić information content (AvgIpc) is 2.15. The molecule has 0 aliphatic rings. The van der Waals surface area contributed by atoms with E-state index in [1.165, 1.54) is 23.7 Å². The number of rotatable bonds is 1. The highest BCUT2D eigenvalue weighted by Crippen LogP contribution is 2.07. The Hall–Kier alpha value is -1.02. The van der Waals surface area contributed by atoms with E-state index < -0.39 is 0 Å². The fraction of sp³-hybridized carbons (Fsp3) is 0.300. The predicted molar refractivity (Wildman–Crippen MR) is 57.1 cm³/mol. The van der Waals surface area contributed by atoms with Gasteiger partial charge in [0.25, 0.3) is 0 Å². The number of hydrogen-bond acceptors (Lipinski definition) is 2. The van der Waals surface area contributed by atoms with E-state index in [1.54, 1.807) is 0 Å². The summed E-state index contributed by atoms with van der Waals surface area (Å²) in [6.07, 6.45) is 2.90. The molecule has 0 atom stereocenters. The molecule has 0 fully saturated rings. The Morgan fingerprint density at radius 3 is 2.31 bits per heavy atom. The lowest BCUT2D eigenvalue weighted by Crippen LogP contribution is -1.85. The molecule has 2 nitrogen and oxygen atoms in total. The van der Waals surface area contributed by atoms with Gasteiger partial charge in [-0.3, -0.25) is 0 Å². The third-order valence-electron chi connectivity index (χ3n) is 1.74. The van der Waals surface area contributed by atoms with Gasteiger partial charge in [0.1, 0.15) is 0 Å². The zero-order valence-corrected chi connectivity index (χ0v) is 8.84. The minimum absolute atomic E-state index is 0.926. The number of alkyl halides is 1. The summed E-state index contributed by atoms with van der Waals surface area (Å²) >= 11 is 4.64. The van der Waals surface area contributed by atoms with E-state index in [0.717, 1.165) is 5.56 Å². The Labute approximate surface area is 83.8 Å². The number of hydrogen-bond donors (Lipinski definition) is 1. The lowest BCUT2D eigenvalue weighted by atomic mass is 10.1. The van der Waals surface area contributed by atoms with Gasteiger partial charge in [0, 0.05) is 6.38 Å². The van der Waals surface area contributed by atoms with Crippen molar-refractivity contribution in [2.75, 3.05) is 6.38 Å². The van der Waals surface area contributed by atoms with E-state index in [4.69, 9.17) is 5.21 Å². The lowest BCUT2D eigenvalue weighted by molar-refractivity contribution is 0.322. The van der Waals surface area contributed by atoms with Crippen LogP contribution >= 0.6 is 11.6 Å². The fourth-order valence-corrected chi connectivity index (χ4v) is 0.912. The van der Waals surface area contributed by atoms with Crippen LogP contribution in [0, 0.1) is 13.8 Å². The van der Waals surface area contributed by atoms with Gasteiger partial charge in [-0.05, 0) is 30.5 Å². The van der Waals surface area contributed by atoms with E-state index in [-0.39, 0.29) is 0 Å². The second kappa shape index (κ2) is 6.49. The van der Waals surface area contributed by atoms with Crippen LogP contribution in [-0.2, 0) is 0 Å². The van der Waals surface area contributed by atoms with Gasteiger partial charge in [0.15, 0.2) is 0 Å². The summed E-state index contributed by atoms with van der Waals surface area (Å²) < 4.78 is 0. The molecule has 0 unspecified atom stereocenters. The third-order valence-corrected chi connectivity index (χ3v) is 1.74. The molecule has 0 aliphatic carbocycles. The molecule has 0 saturated carbocycles. The first-order valence-electron chi connectivity index (χ1n) is 3.86. The largest absolute Gasteiger partial charge is 0.411 e. The highest BCUT2D eigenvalue weighted by Gasteiger charge is 1.92. The van der Waals surface area contributed by atoms with Crippen LogP contribution < -0.4 is 0 Å². The molecular weight excluding hydrogens is 186 g/mol. The topological polar surface area (TPSA) is 32.6 Å². The standard InChI is InChI=1S/C9H11NO.CH3Cl/c1-7-3-4-9(6-10-11)5-8(7)2;1-2/h3-6,11H,1-2H3;1H3/b10-6+;. The van der Waals surface area contributed by atoms with E-state index in [0.29, 0.717) is 0 Å². The zero-order valence-electron chi connectivity index (χ0n) is 8.08. The van der Waals surface area contributed by atoms with Crippen molar-refractivity contribution in [1.82, 2.24) is 0 Å². The molecule has 0 bridgehead atoms. The number of nitrogens with zero attached hydrogens (tertiary/aromatic N) is 1. The molecule has 13 heavy (non-hydrogen) atoms. The molecule has 0 heterocycles. The van der Waals surface area contributed by atoms with Crippen molar-refractivity contribution < 1.29 is 5.21 Å². The highest BCUT2D eigenvalue weighted by molar-refractivity contribution is 6.15. The number of aryl methyl sites for hydroxylation is 2. The molecule has 0 aromatic heterocycles. The Bertz CT molecular complexity index is 284. The maximum atomic E-state index is 8.25. The van der Waals surface area contributed by atoms with Crippen molar-refractivity contribution in [3.05, 3.63) is 34.9 Å². The first-order chi connectivity index (χ1) is 6.24. The molecule has 0 amide bonds. The molecule has 3 heteroatoms. The van der Waals surface area contributed by atoms with Gasteiger partial charge in [-0.2, -0.15) is 0 Å². The van der Waals surface area contributed by atoms with E-state index in [2.05, 4.69) is 23.7 Å². The Morgan fingerprint density at radius 2 is 1.85 bits per heavy atom. The van der Waals surface area contributed by atoms with E-state index in [1.807, 2.05) is 25.1 Å². The lowest BCUT2D eigenvalue weighted by Gasteiger charge is -1.98. The molecule has 0 spiro atoms. The monoisotopic (exact) mass is 199 g/mol. The van der Waals surface area contributed by atoms with Gasteiger partial charge in [0.05, 0.1) is 6.21 Å². The van der Waals surface area contributed by atoms with Gasteiger partial charge < -0.3 is 5.21 Å². The molecule has 0 aliphatic heterocycles. The minimum Gasteiger partial charge on any atom is -0.411 e. The summed E-state index contributed by atoms with van der Waals surface area (Å²) in [5.41, 5.74) is 3.39. The van der Waals surface area contributed by atoms with Gasteiger partial charge in [-0.15, -0.1) is 11.6 Å². The van der Waals surface area contributed by atoms with Crippen LogP contribution in [0.25, 0.3) is 0 Å². The van der Waals surface area contributed by atoms with Crippen LogP contribution in [0.4, 0.5) is 0 Å². The molecule has 1 rings (SSSR count). The van der Waals surface area contributed by atoms with Crippen LogP contribution in [0.1, 0.15) is 16.7 Å². The molecule has 1 N–H and O–H groups in total. The second-order valence-electron chi connectivity index (χ2n) is 2.59. The molecule has 0 radical (unpaired) electrons. The maximum Gasteiger partial charge on any atom is 0.0733 e. The summed E-state index contributed by atoms with van der Waals surface area (Å²) in [5.74, 6) is 0. The van der Waals surface area contributed by atoms with Gasteiger partial charge in [-0.25, -0.2) is 0 Å².